The smallest absolute Gasteiger partial charge is 0.227 e. The third-order valence-corrected chi connectivity index (χ3v) is 3.42. The van der Waals surface area contributed by atoms with Gasteiger partial charge in [-0.15, -0.1) is 0 Å². The molecule has 3 nitrogen and oxygen atoms in total. The van der Waals surface area contributed by atoms with Gasteiger partial charge in [0.15, 0.2) is 0 Å². The van der Waals surface area contributed by atoms with Crippen molar-refractivity contribution in [1.29, 1.82) is 0 Å². The second-order valence-corrected chi connectivity index (χ2v) is 5.14. The molecule has 0 bridgehead atoms. The molecule has 0 aliphatic heterocycles. The number of hydrogen-bond acceptors (Lipinski definition) is 2. The first-order valence-electron chi connectivity index (χ1n) is 6.34. The van der Waals surface area contributed by atoms with E-state index in [-0.39, 0.29) is 18.1 Å². The summed E-state index contributed by atoms with van der Waals surface area (Å²) in [4.78, 5) is 21.9. The second kappa shape index (κ2) is 6.66. The van der Waals surface area contributed by atoms with E-state index in [1.807, 2.05) is 0 Å². The Hall–Kier alpha value is -0.860. The Balaban J connectivity index is 2.07. The van der Waals surface area contributed by atoms with Crippen LogP contribution < -0.4 is 5.32 Å². The molecule has 0 radical (unpaired) electrons. The van der Waals surface area contributed by atoms with Crippen molar-refractivity contribution in [3.8, 4) is 0 Å². The quantitative estimate of drug-likeness (QED) is 0.730. The maximum atomic E-state index is 11.2. The molecular formula is C13H23NO2. The molecule has 0 spiro atoms. The number of amides is 1. The molecule has 3 heteroatoms. The van der Waals surface area contributed by atoms with Crippen LogP contribution in [-0.2, 0) is 9.59 Å². The zero-order chi connectivity index (χ0) is 12.0. The largest absolute Gasteiger partial charge is 0.356 e. The first-order valence-corrected chi connectivity index (χ1v) is 6.34. The van der Waals surface area contributed by atoms with Crippen LogP contribution in [0.1, 0.15) is 52.4 Å². The van der Waals surface area contributed by atoms with Crippen LogP contribution >= 0.6 is 0 Å². The summed E-state index contributed by atoms with van der Waals surface area (Å²) in [6, 6.07) is 0. The summed E-state index contributed by atoms with van der Waals surface area (Å²) in [6.07, 6.45) is 6.34. The third-order valence-electron chi connectivity index (χ3n) is 3.42. The van der Waals surface area contributed by atoms with Gasteiger partial charge in [-0.2, -0.15) is 0 Å². The van der Waals surface area contributed by atoms with Crippen molar-refractivity contribution < 1.29 is 9.59 Å². The van der Waals surface area contributed by atoms with Gasteiger partial charge in [0, 0.05) is 6.54 Å². The van der Waals surface area contributed by atoms with Crippen LogP contribution in [0.4, 0.5) is 0 Å². The average Bonchev–Trinajstić information content (AvgIpc) is 2.20. The Labute approximate surface area is 98.0 Å². The number of carbonyl (C=O) groups excluding carboxylic acids is 2. The lowest BCUT2D eigenvalue weighted by atomic mass is 9.81. The number of rotatable bonds is 5. The Bertz CT molecular complexity index is 242. The minimum atomic E-state index is -0.128. The Kier molecular flexibility index (Phi) is 5.50. The minimum Gasteiger partial charge on any atom is -0.356 e. The lowest BCUT2D eigenvalue weighted by Gasteiger charge is -2.26. The van der Waals surface area contributed by atoms with Gasteiger partial charge in [0.25, 0.3) is 0 Å². The van der Waals surface area contributed by atoms with E-state index in [0.29, 0.717) is 0 Å². The van der Waals surface area contributed by atoms with Gasteiger partial charge in [-0.05, 0) is 25.2 Å². The minimum absolute atomic E-state index is 0.0295. The van der Waals surface area contributed by atoms with E-state index in [1.54, 1.807) is 0 Å². The topological polar surface area (TPSA) is 46.2 Å². The van der Waals surface area contributed by atoms with E-state index in [1.165, 1.54) is 32.6 Å². The predicted molar refractivity (Wildman–Crippen MR) is 64.0 cm³/mol. The first kappa shape index (κ1) is 13.2. The monoisotopic (exact) mass is 225 g/mol. The van der Waals surface area contributed by atoms with Gasteiger partial charge < -0.3 is 5.32 Å². The number of carbonyl (C=O) groups is 2. The molecule has 1 amide bonds. The fourth-order valence-corrected chi connectivity index (χ4v) is 2.32. The molecule has 0 aromatic heterocycles. The van der Waals surface area contributed by atoms with Crippen LogP contribution in [0, 0.1) is 11.8 Å². The molecule has 1 N–H and O–H groups in total. The normalized spacial score (nSPS) is 25.1. The summed E-state index contributed by atoms with van der Waals surface area (Å²) in [5.41, 5.74) is 0. The highest BCUT2D eigenvalue weighted by Gasteiger charge is 2.17. The number of hydrogen-bond donors (Lipinski definition) is 1. The maximum absolute atomic E-state index is 11.2. The molecule has 0 heterocycles. The summed E-state index contributed by atoms with van der Waals surface area (Å²) in [6.45, 7) is 4.48. The van der Waals surface area contributed by atoms with Crippen molar-refractivity contribution in [3.05, 3.63) is 0 Å². The van der Waals surface area contributed by atoms with E-state index in [0.717, 1.165) is 24.8 Å². The lowest BCUT2D eigenvalue weighted by molar-refractivity contribution is -0.127. The molecule has 92 valence electrons. The molecule has 1 rings (SSSR count). The Morgan fingerprint density at radius 3 is 2.38 bits per heavy atom. The van der Waals surface area contributed by atoms with Crippen LogP contribution in [-0.4, -0.2) is 18.2 Å². The molecular weight excluding hydrogens is 202 g/mol. The van der Waals surface area contributed by atoms with Crippen molar-refractivity contribution in [3.63, 3.8) is 0 Å². The summed E-state index contributed by atoms with van der Waals surface area (Å²) in [5.74, 6) is 1.46. The van der Waals surface area contributed by atoms with Crippen LogP contribution in [0.2, 0.25) is 0 Å². The Morgan fingerprint density at radius 1 is 1.19 bits per heavy atom. The van der Waals surface area contributed by atoms with Crippen molar-refractivity contribution >= 4 is 11.7 Å². The highest BCUT2D eigenvalue weighted by molar-refractivity contribution is 5.96. The molecule has 1 saturated carbocycles. The van der Waals surface area contributed by atoms with Crippen LogP contribution in [0.15, 0.2) is 0 Å². The fraction of sp³-hybridized carbons (Fsp3) is 0.846. The number of Topliss-reactive ketones (excluding diaryl/α,β-unsaturated/α-hetero) is 1. The van der Waals surface area contributed by atoms with E-state index >= 15 is 0 Å². The van der Waals surface area contributed by atoms with Gasteiger partial charge in [-0.1, -0.05) is 32.6 Å². The SMILES string of the molecule is CC(=O)CC(=O)NCCC1CCC(C)CC1. The highest BCUT2D eigenvalue weighted by Crippen LogP contribution is 2.29. The molecule has 0 aromatic rings. The van der Waals surface area contributed by atoms with Crippen LogP contribution in [0.3, 0.4) is 0 Å². The number of ketones is 1. The van der Waals surface area contributed by atoms with Gasteiger partial charge in [-0.25, -0.2) is 0 Å². The van der Waals surface area contributed by atoms with Gasteiger partial charge >= 0.3 is 0 Å². The van der Waals surface area contributed by atoms with Crippen LogP contribution in [0.5, 0.6) is 0 Å². The lowest BCUT2D eigenvalue weighted by Crippen LogP contribution is -2.28. The van der Waals surface area contributed by atoms with E-state index in [2.05, 4.69) is 12.2 Å². The van der Waals surface area contributed by atoms with Gasteiger partial charge in [-0.3, -0.25) is 9.59 Å². The van der Waals surface area contributed by atoms with Gasteiger partial charge in [0.05, 0.1) is 6.42 Å². The third kappa shape index (κ3) is 5.29. The van der Waals surface area contributed by atoms with E-state index in [9.17, 15) is 9.59 Å². The highest BCUT2D eigenvalue weighted by atomic mass is 16.2. The zero-order valence-electron chi connectivity index (χ0n) is 10.4. The summed E-state index contributed by atoms with van der Waals surface area (Å²) in [5, 5.41) is 2.81. The fourth-order valence-electron chi connectivity index (χ4n) is 2.32. The second-order valence-electron chi connectivity index (χ2n) is 5.14. The van der Waals surface area contributed by atoms with Crippen molar-refractivity contribution in [1.82, 2.24) is 5.32 Å². The molecule has 1 aliphatic rings. The molecule has 0 unspecified atom stereocenters. The first-order chi connectivity index (χ1) is 7.58. The van der Waals surface area contributed by atoms with E-state index in [4.69, 9.17) is 0 Å². The van der Waals surface area contributed by atoms with Gasteiger partial charge in [0.2, 0.25) is 5.91 Å². The Morgan fingerprint density at radius 2 is 1.81 bits per heavy atom. The molecule has 16 heavy (non-hydrogen) atoms. The summed E-state index contributed by atoms with van der Waals surface area (Å²) >= 11 is 0. The average molecular weight is 225 g/mol. The van der Waals surface area contributed by atoms with Crippen molar-refractivity contribution in [2.45, 2.75) is 52.4 Å². The molecule has 0 aromatic carbocycles. The van der Waals surface area contributed by atoms with Crippen molar-refractivity contribution in [2.24, 2.45) is 11.8 Å². The molecule has 0 atom stereocenters. The standard InChI is InChI=1S/C13H23NO2/c1-10-3-5-12(6-4-10)7-8-14-13(16)9-11(2)15/h10,12H,3-9H2,1-2H3,(H,14,16). The molecule has 0 saturated heterocycles. The van der Waals surface area contributed by atoms with Gasteiger partial charge in [0.1, 0.15) is 5.78 Å². The van der Waals surface area contributed by atoms with Crippen LogP contribution in [0.25, 0.3) is 0 Å². The van der Waals surface area contributed by atoms with E-state index < -0.39 is 0 Å². The maximum Gasteiger partial charge on any atom is 0.227 e. The summed E-state index contributed by atoms with van der Waals surface area (Å²) < 4.78 is 0. The zero-order valence-corrected chi connectivity index (χ0v) is 10.4. The summed E-state index contributed by atoms with van der Waals surface area (Å²) in [7, 11) is 0. The number of nitrogens with one attached hydrogen (secondary N) is 1. The van der Waals surface area contributed by atoms with Crippen molar-refractivity contribution in [2.75, 3.05) is 6.54 Å². The molecule has 1 aliphatic carbocycles. The molecule has 1 fully saturated rings. The predicted octanol–water partition coefficient (Wildman–Crippen LogP) is 2.30.